The number of benzene rings is 8. The van der Waals surface area contributed by atoms with Crippen LogP contribution < -0.4 is 0 Å². The molecular formula is C55H34N6S. The molecule has 0 radical (unpaired) electrons. The first kappa shape index (κ1) is 35.8. The number of aromatic nitrogens is 6. The van der Waals surface area contributed by atoms with E-state index in [1.54, 1.807) is 11.3 Å². The fourth-order valence-electron chi connectivity index (χ4n) is 8.48. The van der Waals surface area contributed by atoms with Crippen LogP contribution in [-0.4, -0.2) is 29.5 Å². The van der Waals surface area contributed by atoms with Gasteiger partial charge in [0.1, 0.15) is 0 Å². The molecule has 0 aliphatic heterocycles. The molecule has 0 amide bonds. The number of rotatable bonds is 7. The van der Waals surface area contributed by atoms with E-state index in [-0.39, 0.29) is 0 Å². The Labute approximate surface area is 361 Å². The summed E-state index contributed by atoms with van der Waals surface area (Å²) in [4.78, 5) is 25.5. The smallest absolute Gasteiger partial charge is 0.164 e. The van der Waals surface area contributed by atoms with Crippen molar-refractivity contribution < 1.29 is 0 Å². The van der Waals surface area contributed by atoms with Crippen LogP contribution in [0.4, 0.5) is 0 Å². The highest BCUT2D eigenvalue weighted by Crippen LogP contribution is 2.41. The van der Waals surface area contributed by atoms with Crippen molar-refractivity contribution >= 4 is 53.4 Å². The molecule has 6 nitrogen and oxygen atoms in total. The lowest BCUT2D eigenvalue weighted by atomic mass is 10.00. The van der Waals surface area contributed by atoms with Crippen LogP contribution in [-0.2, 0) is 0 Å². The molecule has 0 atom stereocenters. The average Bonchev–Trinajstić information content (AvgIpc) is 3.90. The maximum atomic E-state index is 5.42. The summed E-state index contributed by atoms with van der Waals surface area (Å²) in [6, 6.07) is 71.6. The van der Waals surface area contributed by atoms with Crippen molar-refractivity contribution in [1.82, 2.24) is 29.5 Å². The third-order valence-electron chi connectivity index (χ3n) is 11.5. The Kier molecular flexibility index (Phi) is 8.57. The van der Waals surface area contributed by atoms with Crippen LogP contribution in [0.25, 0.3) is 116 Å². The van der Waals surface area contributed by atoms with Gasteiger partial charge in [-0.2, -0.15) is 0 Å². The number of hydrogen-bond donors (Lipinski definition) is 0. The lowest BCUT2D eigenvalue weighted by molar-refractivity contribution is 1.07. The van der Waals surface area contributed by atoms with Gasteiger partial charge in [0, 0.05) is 54.4 Å². The van der Waals surface area contributed by atoms with E-state index < -0.39 is 0 Å². The predicted molar refractivity (Wildman–Crippen MR) is 255 cm³/mol. The minimum Gasteiger partial charge on any atom is -0.309 e. The largest absolute Gasteiger partial charge is 0.309 e. The number of fused-ring (bicyclic) bond motifs is 6. The second kappa shape index (κ2) is 14.9. The first-order chi connectivity index (χ1) is 30.7. The SMILES string of the molecule is c1ccc(-c2nc(-c3ccccc3)nc(-c3ccc(-c4cccc(-c5nc(-c6ccc7c8ccccc8n(-c8ccccc8)c7c6)nc6c5sc5ccccc56)c4)cc3)n2)cc1. The van der Waals surface area contributed by atoms with Crippen molar-refractivity contribution in [2.24, 2.45) is 0 Å². The summed E-state index contributed by atoms with van der Waals surface area (Å²) < 4.78 is 4.60. The molecule has 12 rings (SSSR count). The lowest BCUT2D eigenvalue weighted by Crippen LogP contribution is -2.00. The molecule has 290 valence electrons. The third-order valence-corrected chi connectivity index (χ3v) is 12.6. The molecule has 0 aliphatic rings. The number of hydrogen-bond acceptors (Lipinski definition) is 6. The first-order valence-corrected chi connectivity index (χ1v) is 21.4. The van der Waals surface area contributed by atoms with Crippen molar-refractivity contribution in [3.05, 3.63) is 206 Å². The highest BCUT2D eigenvalue weighted by atomic mass is 32.1. The van der Waals surface area contributed by atoms with Crippen LogP contribution in [0.1, 0.15) is 0 Å². The van der Waals surface area contributed by atoms with Gasteiger partial charge in [0.15, 0.2) is 23.3 Å². The normalized spacial score (nSPS) is 11.5. The molecule has 12 aromatic rings. The molecule has 0 unspecified atom stereocenters. The van der Waals surface area contributed by atoms with E-state index >= 15 is 0 Å². The van der Waals surface area contributed by atoms with Crippen molar-refractivity contribution in [3.63, 3.8) is 0 Å². The van der Waals surface area contributed by atoms with Gasteiger partial charge in [-0.25, -0.2) is 24.9 Å². The van der Waals surface area contributed by atoms with Gasteiger partial charge in [-0.05, 0) is 47.5 Å². The van der Waals surface area contributed by atoms with Gasteiger partial charge in [0.25, 0.3) is 0 Å². The molecule has 0 spiro atoms. The van der Waals surface area contributed by atoms with Crippen LogP contribution in [0.3, 0.4) is 0 Å². The Balaban J connectivity index is 0.965. The third kappa shape index (κ3) is 6.22. The number of nitrogens with zero attached hydrogens (tertiary/aromatic N) is 6. The van der Waals surface area contributed by atoms with Crippen molar-refractivity contribution in [3.8, 4) is 73.6 Å². The van der Waals surface area contributed by atoms with Crippen molar-refractivity contribution in [1.29, 1.82) is 0 Å². The Hall–Kier alpha value is -8.13. The molecule has 4 aromatic heterocycles. The molecule has 4 heterocycles. The molecule has 0 bridgehead atoms. The average molecular weight is 811 g/mol. The van der Waals surface area contributed by atoms with Crippen molar-refractivity contribution in [2.45, 2.75) is 0 Å². The first-order valence-electron chi connectivity index (χ1n) is 20.6. The van der Waals surface area contributed by atoms with Gasteiger partial charge in [0.05, 0.1) is 26.9 Å². The van der Waals surface area contributed by atoms with E-state index in [1.165, 1.54) is 21.0 Å². The summed E-state index contributed by atoms with van der Waals surface area (Å²) in [5.74, 6) is 2.60. The monoisotopic (exact) mass is 810 g/mol. The summed E-state index contributed by atoms with van der Waals surface area (Å²) in [5.41, 5.74) is 12.2. The van der Waals surface area contributed by atoms with Gasteiger partial charge >= 0.3 is 0 Å². The molecular weight excluding hydrogens is 777 g/mol. The van der Waals surface area contributed by atoms with Gasteiger partial charge in [-0.3, -0.25) is 0 Å². The fraction of sp³-hybridized carbons (Fsp3) is 0. The maximum Gasteiger partial charge on any atom is 0.164 e. The van der Waals surface area contributed by atoms with E-state index in [1.807, 2.05) is 60.7 Å². The fourth-order valence-corrected chi connectivity index (χ4v) is 9.63. The Morgan fingerprint density at radius 1 is 0.323 bits per heavy atom. The predicted octanol–water partition coefficient (Wildman–Crippen LogP) is 14.1. The van der Waals surface area contributed by atoms with Crippen LogP contribution in [0.2, 0.25) is 0 Å². The van der Waals surface area contributed by atoms with Gasteiger partial charge in [-0.1, -0.05) is 170 Å². The molecule has 0 saturated heterocycles. The molecule has 7 heteroatoms. The summed E-state index contributed by atoms with van der Waals surface area (Å²) in [5, 5.41) is 3.54. The highest BCUT2D eigenvalue weighted by molar-refractivity contribution is 7.26. The van der Waals surface area contributed by atoms with Crippen LogP contribution in [0.15, 0.2) is 206 Å². The Morgan fingerprint density at radius 3 is 1.55 bits per heavy atom. The standard InChI is InChI=1S/C55H34N6S/c1-4-15-36(16-5-1)52-58-53(37-17-6-2-7-18-37)60-54(59-52)38-29-27-35(28-30-38)39-19-14-20-40(33-39)49-51-50(45-24-11-13-26-48(45)62-51)57-55(56-49)41-31-32-44-43-23-10-12-25-46(43)61(47(44)34-41)42-21-8-3-9-22-42/h1-34H. The topological polar surface area (TPSA) is 69.4 Å². The molecule has 0 saturated carbocycles. The Bertz CT molecular complexity index is 3560. The van der Waals surface area contributed by atoms with Crippen LogP contribution in [0, 0.1) is 0 Å². The van der Waals surface area contributed by atoms with E-state index in [0.717, 1.165) is 71.4 Å². The Morgan fingerprint density at radius 2 is 0.839 bits per heavy atom. The van der Waals surface area contributed by atoms with Gasteiger partial charge in [-0.15, -0.1) is 11.3 Å². The van der Waals surface area contributed by atoms with E-state index in [2.05, 4.69) is 150 Å². The van der Waals surface area contributed by atoms with Crippen LogP contribution >= 0.6 is 11.3 Å². The number of thiophene rings is 1. The molecule has 0 aliphatic carbocycles. The molecule has 62 heavy (non-hydrogen) atoms. The van der Waals surface area contributed by atoms with E-state index in [4.69, 9.17) is 24.9 Å². The minimum absolute atomic E-state index is 0.626. The minimum atomic E-state index is 0.626. The highest BCUT2D eigenvalue weighted by Gasteiger charge is 2.20. The zero-order valence-corrected chi connectivity index (χ0v) is 34.0. The van der Waals surface area contributed by atoms with Crippen LogP contribution in [0.5, 0.6) is 0 Å². The number of para-hydroxylation sites is 2. The maximum absolute atomic E-state index is 5.42. The second-order valence-electron chi connectivity index (χ2n) is 15.3. The quantitative estimate of drug-likeness (QED) is 0.160. The zero-order valence-electron chi connectivity index (χ0n) is 33.2. The lowest BCUT2D eigenvalue weighted by Gasteiger charge is -2.11. The summed E-state index contributed by atoms with van der Waals surface area (Å²) in [6.45, 7) is 0. The second-order valence-corrected chi connectivity index (χ2v) is 16.3. The molecule has 8 aromatic carbocycles. The van der Waals surface area contributed by atoms with Crippen molar-refractivity contribution in [2.75, 3.05) is 0 Å². The molecule has 0 N–H and O–H groups in total. The molecule has 0 fully saturated rings. The van der Waals surface area contributed by atoms with Gasteiger partial charge < -0.3 is 4.57 Å². The summed E-state index contributed by atoms with van der Waals surface area (Å²) in [7, 11) is 0. The summed E-state index contributed by atoms with van der Waals surface area (Å²) >= 11 is 1.74. The zero-order chi connectivity index (χ0) is 41.0. The van der Waals surface area contributed by atoms with Gasteiger partial charge in [0.2, 0.25) is 0 Å². The van der Waals surface area contributed by atoms with E-state index in [9.17, 15) is 0 Å². The summed E-state index contributed by atoms with van der Waals surface area (Å²) in [6.07, 6.45) is 0. The van der Waals surface area contributed by atoms with E-state index in [0.29, 0.717) is 23.3 Å².